The maximum Gasteiger partial charge on any atom is 0.294 e. The number of benzene rings is 1. The summed E-state index contributed by atoms with van der Waals surface area (Å²) < 4.78 is 0. The molecule has 1 aromatic rings. The van der Waals surface area contributed by atoms with Crippen LogP contribution in [0, 0.1) is 10.1 Å². The number of nitro groups is 1. The van der Waals surface area contributed by atoms with E-state index >= 15 is 0 Å². The molecule has 20 heavy (non-hydrogen) atoms. The summed E-state index contributed by atoms with van der Waals surface area (Å²) in [6.45, 7) is 6.16. The molecule has 1 rings (SSSR count). The number of nitrogens with zero attached hydrogens (tertiary/aromatic N) is 2. The first-order valence-electron chi connectivity index (χ1n) is 6.30. The Labute approximate surface area is 122 Å². The highest BCUT2D eigenvalue weighted by Gasteiger charge is 2.24. The molecule has 110 valence electrons. The molecule has 0 spiro atoms. The van der Waals surface area contributed by atoms with Crippen LogP contribution in [0.1, 0.15) is 31.1 Å². The molecule has 0 aliphatic heterocycles. The summed E-state index contributed by atoms with van der Waals surface area (Å²) in [5.41, 5.74) is 0.222. The largest absolute Gasteiger partial charge is 0.381 e. The average molecular weight is 300 g/mol. The van der Waals surface area contributed by atoms with E-state index in [0.717, 1.165) is 0 Å². The number of rotatable bonds is 5. The Morgan fingerprint density at radius 3 is 2.50 bits per heavy atom. The molecular formula is C13H18ClN3O3. The van der Waals surface area contributed by atoms with Gasteiger partial charge in [-0.1, -0.05) is 11.6 Å². The van der Waals surface area contributed by atoms with Crippen molar-refractivity contribution in [2.24, 2.45) is 0 Å². The topological polar surface area (TPSA) is 75.5 Å². The van der Waals surface area contributed by atoms with Crippen molar-refractivity contribution in [1.82, 2.24) is 4.90 Å². The molecule has 0 aliphatic rings. The third-order valence-electron chi connectivity index (χ3n) is 2.99. The zero-order valence-electron chi connectivity index (χ0n) is 11.9. The van der Waals surface area contributed by atoms with Crippen LogP contribution in [0.4, 0.5) is 11.4 Å². The molecular weight excluding hydrogens is 282 g/mol. The van der Waals surface area contributed by atoms with Gasteiger partial charge in [-0.25, -0.2) is 0 Å². The quantitative estimate of drug-likeness (QED) is 0.669. The maximum atomic E-state index is 12.4. The number of carbonyl (C=O) groups excluding carboxylic acids is 1. The first-order chi connectivity index (χ1) is 9.33. The van der Waals surface area contributed by atoms with Gasteiger partial charge in [-0.15, -0.1) is 0 Å². The van der Waals surface area contributed by atoms with Crippen LogP contribution in [0.25, 0.3) is 0 Å². The van der Waals surface area contributed by atoms with E-state index < -0.39 is 4.92 Å². The van der Waals surface area contributed by atoms with Crippen molar-refractivity contribution in [3.05, 3.63) is 32.8 Å². The Bertz CT molecular complexity index is 532. The van der Waals surface area contributed by atoms with Crippen LogP contribution in [-0.2, 0) is 0 Å². The lowest BCUT2D eigenvalue weighted by Crippen LogP contribution is -2.36. The molecule has 0 atom stereocenters. The molecule has 6 nitrogen and oxygen atoms in total. The Kier molecular flexibility index (Phi) is 5.33. The summed E-state index contributed by atoms with van der Waals surface area (Å²) in [6.07, 6.45) is 0. The molecule has 0 fully saturated rings. The van der Waals surface area contributed by atoms with Crippen LogP contribution in [0.5, 0.6) is 0 Å². The third-order valence-corrected chi connectivity index (χ3v) is 3.29. The molecule has 0 bridgehead atoms. The molecule has 1 aromatic carbocycles. The van der Waals surface area contributed by atoms with Crippen LogP contribution in [0.2, 0.25) is 5.02 Å². The zero-order valence-corrected chi connectivity index (χ0v) is 12.7. The van der Waals surface area contributed by atoms with Gasteiger partial charge in [0.2, 0.25) is 0 Å². The highest BCUT2D eigenvalue weighted by Crippen LogP contribution is 2.33. The van der Waals surface area contributed by atoms with Crippen molar-refractivity contribution >= 4 is 28.9 Å². The molecule has 1 N–H and O–H groups in total. The van der Waals surface area contributed by atoms with Crippen LogP contribution in [0.15, 0.2) is 12.1 Å². The van der Waals surface area contributed by atoms with Crippen molar-refractivity contribution in [3.8, 4) is 0 Å². The summed E-state index contributed by atoms with van der Waals surface area (Å²) in [7, 11) is 1.54. The van der Waals surface area contributed by atoms with Gasteiger partial charge < -0.3 is 10.2 Å². The monoisotopic (exact) mass is 299 g/mol. The minimum Gasteiger partial charge on any atom is -0.381 e. The standard InChI is InChI=1S/C13H18ClN3O3/c1-5-16(8(2)3)13(18)9-6-10(14)12(15-4)11(7-9)17(19)20/h6-8,15H,5H2,1-4H3. The van der Waals surface area contributed by atoms with Crippen molar-refractivity contribution in [1.29, 1.82) is 0 Å². The first kappa shape index (κ1) is 16.2. The summed E-state index contributed by atoms with van der Waals surface area (Å²) in [6, 6.07) is 2.72. The van der Waals surface area contributed by atoms with E-state index in [4.69, 9.17) is 11.6 Å². The molecule has 0 unspecified atom stereocenters. The van der Waals surface area contributed by atoms with Crippen molar-refractivity contribution < 1.29 is 9.72 Å². The molecule has 0 saturated heterocycles. The minimum absolute atomic E-state index is 0.00862. The average Bonchev–Trinajstić information content (AvgIpc) is 2.37. The second-order valence-corrected chi connectivity index (χ2v) is 4.95. The Morgan fingerprint density at radius 2 is 2.10 bits per heavy atom. The number of halogens is 1. The van der Waals surface area contributed by atoms with Crippen LogP contribution < -0.4 is 5.32 Å². The molecule has 0 heterocycles. The maximum absolute atomic E-state index is 12.4. The zero-order chi connectivity index (χ0) is 15.4. The fraction of sp³-hybridized carbons (Fsp3) is 0.462. The second kappa shape index (κ2) is 6.56. The summed E-state index contributed by atoms with van der Waals surface area (Å²) in [4.78, 5) is 24.5. The number of amides is 1. The molecule has 7 heteroatoms. The van der Waals surface area contributed by atoms with Gasteiger partial charge in [0, 0.05) is 31.3 Å². The van der Waals surface area contributed by atoms with E-state index in [1.807, 2.05) is 20.8 Å². The number of hydrogen-bond donors (Lipinski definition) is 1. The fourth-order valence-corrected chi connectivity index (χ4v) is 2.33. The van der Waals surface area contributed by atoms with Gasteiger partial charge in [-0.3, -0.25) is 14.9 Å². The van der Waals surface area contributed by atoms with Crippen LogP contribution in [-0.4, -0.2) is 35.4 Å². The van der Waals surface area contributed by atoms with Gasteiger partial charge in [0.25, 0.3) is 11.6 Å². The SMILES string of the molecule is CCN(C(=O)c1cc(Cl)c(NC)c([N+](=O)[O-])c1)C(C)C. The van der Waals surface area contributed by atoms with Gasteiger partial charge in [-0.05, 0) is 26.8 Å². The van der Waals surface area contributed by atoms with Gasteiger partial charge in [0.15, 0.2) is 0 Å². The molecule has 0 saturated carbocycles. The second-order valence-electron chi connectivity index (χ2n) is 4.54. The van der Waals surface area contributed by atoms with Crippen LogP contribution in [0.3, 0.4) is 0 Å². The highest BCUT2D eigenvalue weighted by molar-refractivity contribution is 6.34. The van der Waals surface area contributed by atoms with Gasteiger partial charge in [-0.2, -0.15) is 0 Å². The van der Waals surface area contributed by atoms with Crippen molar-refractivity contribution in [2.75, 3.05) is 18.9 Å². The Balaban J connectivity index is 3.33. The first-order valence-corrected chi connectivity index (χ1v) is 6.67. The van der Waals surface area contributed by atoms with E-state index in [9.17, 15) is 14.9 Å². The minimum atomic E-state index is -0.555. The lowest BCUT2D eigenvalue weighted by molar-refractivity contribution is -0.384. The van der Waals surface area contributed by atoms with Gasteiger partial charge in [0.1, 0.15) is 5.69 Å². The number of nitrogens with one attached hydrogen (secondary N) is 1. The third kappa shape index (κ3) is 3.19. The van der Waals surface area contributed by atoms with Crippen molar-refractivity contribution in [3.63, 3.8) is 0 Å². The molecule has 0 aliphatic carbocycles. The number of hydrogen-bond acceptors (Lipinski definition) is 4. The smallest absolute Gasteiger partial charge is 0.294 e. The lowest BCUT2D eigenvalue weighted by atomic mass is 10.1. The highest BCUT2D eigenvalue weighted by atomic mass is 35.5. The molecule has 0 aromatic heterocycles. The summed E-state index contributed by atoms with van der Waals surface area (Å²) in [5.74, 6) is -0.268. The molecule has 1 amide bonds. The Morgan fingerprint density at radius 1 is 1.50 bits per heavy atom. The Hall–Kier alpha value is -1.82. The van der Waals surface area contributed by atoms with Crippen molar-refractivity contribution in [2.45, 2.75) is 26.8 Å². The normalized spacial score (nSPS) is 10.5. The van der Waals surface area contributed by atoms with E-state index in [2.05, 4.69) is 5.32 Å². The lowest BCUT2D eigenvalue weighted by Gasteiger charge is -2.25. The van der Waals surface area contributed by atoms with E-state index in [1.165, 1.54) is 12.1 Å². The van der Waals surface area contributed by atoms with E-state index in [0.29, 0.717) is 6.54 Å². The van der Waals surface area contributed by atoms with E-state index in [-0.39, 0.29) is 33.9 Å². The van der Waals surface area contributed by atoms with E-state index in [1.54, 1.807) is 11.9 Å². The summed E-state index contributed by atoms with van der Waals surface area (Å²) >= 11 is 6.01. The number of nitro benzene ring substituents is 1. The molecule has 0 radical (unpaired) electrons. The van der Waals surface area contributed by atoms with Crippen LogP contribution >= 0.6 is 11.6 Å². The summed E-state index contributed by atoms with van der Waals surface area (Å²) in [5, 5.41) is 13.9. The predicted molar refractivity (Wildman–Crippen MR) is 79.5 cm³/mol. The van der Waals surface area contributed by atoms with Gasteiger partial charge in [0.05, 0.1) is 9.95 Å². The van der Waals surface area contributed by atoms with Gasteiger partial charge >= 0.3 is 0 Å². The number of anilines is 1. The predicted octanol–water partition coefficient (Wildman–Crippen LogP) is 3.16. The fourth-order valence-electron chi connectivity index (χ4n) is 2.02. The number of carbonyl (C=O) groups is 1.